The molecule has 1 unspecified atom stereocenters. The molecule has 1 atom stereocenters. The van der Waals surface area contributed by atoms with Crippen LogP contribution in [0.2, 0.25) is 0 Å². The second-order valence-electron chi connectivity index (χ2n) is 5.10. The Labute approximate surface area is 115 Å². The molecule has 0 saturated carbocycles. The zero-order valence-corrected chi connectivity index (χ0v) is 12.0. The molecule has 0 aliphatic rings. The molecule has 0 aliphatic carbocycles. The van der Waals surface area contributed by atoms with Crippen molar-refractivity contribution in [2.24, 2.45) is 11.7 Å². The molecule has 0 heterocycles. The highest BCUT2D eigenvalue weighted by atomic mass is 16.5. The van der Waals surface area contributed by atoms with Crippen molar-refractivity contribution in [2.75, 3.05) is 11.9 Å². The number of amides is 1. The van der Waals surface area contributed by atoms with Crippen molar-refractivity contribution in [2.45, 2.75) is 39.7 Å². The molecule has 19 heavy (non-hydrogen) atoms. The van der Waals surface area contributed by atoms with E-state index in [9.17, 15) is 4.79 Å². The number of anilines is 1. The molecular formula is C15H24N2O2. The number of nitrogens with one attached hydrogen (secondary N) is 1. The van der Waals surface area contributed by atoms with Gasteiger partial charge >= 0.3 is 0 Å². The van der Waals surface area contributed by atoms with Gasteiger partial charge in [-0.3, -0.25) is 4.79 Å². The van der Waals surface area contributed by atoms with E-state index >= 15 is 0 Å². The molecule has 0 aromatic heterocycles. The SMILES string of the molecule is CCCOc1ccc(NC(=O)C(N)CC(C)C)cc1. The lowest BCUT2D eigenvalue weighted by Gasteiger charge is -2.14. The maximum absolute atomic E-state index is 11.8. The number of nitrogens with two attached hydrogens (primary N) is 1. The topological polar surface area (TPSA) is 64.3 Å². The lowest BCUT2D eigenvalue weighted by atomic mass is 10.0. The summed E-state index contributed by atoms with van der Waals surface area (Å²) in [5.41, 5.74) is 6.57. The highest BCUT2D eigenvalue weighted by molar-refractivity contribution is 5.94. The van der Waals surface area contributed by atoms with Gasteiger partial charge in [0.1, 0.15) is 5.75 Å². The average Bonchev–Trinajstić information content (AvgIpc) is 2.37. The van der Waals surface area contributed by atoms with Gasteiger partial charge < -0.3 is 15.8 Å². The van der Waals surface area contributed by atoms with Crippen molar-refractivity contribution in [1.82, 2.24) is 0 Å². The van der Waals surface area contributed by atoms with E-state index in [0.717, 1.165) is 17.9 Å². The maximum atomic E-state index is 11.8. The Morgan fingerprint density at radius 3 is 2.47 bits per heavy atom. The third-order valence-corrected chi connectivity index (χ3v) is 2.66. The van der Waals surface area contributed by atoms with Crippen LogP contribution in [0.3, 0.4) is 0 Å². The Morgan fingerprint density at radius 2 is 1.95 bits per heavy atom. The van der Waals surface area contributed by atoms with Crippen molar-refractivity contribution in [3.8, 4) is 5.75 Å². The van der Waals surface area contributed by atoms with Crippen molar-refractivity contribution >= 4 is 11.6 Å². The molecule has 1 rings (SSSR count). The highest BCUT2D eigenvalue weighted by Crippen LogP contribution is 2.16. The van der Waals surface area contributed by atoms with Gasteiger partial charge in [0.15, 0.2) is 0 Å². The first-order valence-electron chi connectivity index (χ1n) is 6.82. The Balaban J connectivity index is 2.50. The minimum atomic E-state index is -0.462. The van der Waals surface area contributed by atoms with Gasteiger partial charge in [-0.1, -0.05) is 20.8 Å². The number of hydrogen-bond acceptors (Lipinski definition) is 3. The quantitative estimate of drug-likeness (QED) is 0.796. The average molecular weight is 264 g/mol. The molecular weight excluding hydrogens is 240 g/mol. The van der Waals surface area contributed by atoms with Gasteiger partial charge in [-0.25, -0.2) is 0 Å². The standard InChI is InChI=1S/C15H24N2O2/c1-4-9-19-13-7-5-12(6-8-13)17-15(18)14(16)10-11(2)3/h5-8,11,14H,4,9-10,16H2,1-3H3,(H,17,18). The first kappa shape index (κ1) is 15.5. The molecule has 3 N–H and O–H groups in total. The Bertz CT molecular complexity index is 388. The van der Waals surface area contributed by atoms with Crippen LogP contribution >= 0.6 is 0 Å². The lowest BCUT2D eigenvalue weighted by molar-refractivity contribution is -0.117. The normalized spacial score (nSPS) is 12.3. The summed E-state index contributed by atoms with van der Waals surface area (Å²) in [4.78, 5) is 11.8. The van der Waals surface area contributed by atoms with Gasteiger partial charge in [0.25, 0.3) is 0 Å². The molecule has 1 aromatic rings. The molecule has 0 saturated heterocycles. The maximum Gasteiger partial charge on any atom is 0.241 e. The smallest absolute Gasteiger partial charge is 0.241 e. The van der Waals surface area contributed by atoms with Gasteiger partial charge in [0.05, 0.1) is 12.6 Å². The molecule has 1 aromatic carbocycles. The summed E-state index contributed by atoms with van der Waals surface area (Å²) in [5.74, 6) is 1.08. The van der Waals surface area contributed by atoms with Crippen LogP contribution in [0.5, 0.6) is 5.75 Å². The van der Waals surface area contributed by atoms with Gasteiger partial charge in [0.2, 0.25) is 5.91 Å². The van der Waals surface area contributed by atoms with Crippen LogP contribution in [0, 0.1) is 5.92 Å². The largest absolute Gasteiger partial charge is 0.494 e. The van der Waals surface area contributed by atoms with Crippen LogP contribution < -0.4 is 15.8 Å². The summed E-state index contributed by atoms with van der Waals surface area (Å²) in [7, 11) is 0. The van der Waals surface area contributed by atoms with Gasteiger partial charge in [-0.2, -0.15) is 0 Å². The molecule has 4 heteroatoms. The molecule has 0 aliphatic heterocycles. The highest BCUT2D eigenvalue weighted by Gasteiger charge is 2.14. The summed E-state index contributed by atoms with van der Waals surface area (Å²) < 4.78 is 5.48. The van der Waals surface area contributed by atoms with Crippen molar-refractivity contribution in [1.29, 1.82) is 0 Å². The van der Waals surface area contributed by atoms with Crippen LogP contribution in [0.4, 0.5) is 5.69 Å². The number of rotatable bonds is 7. The number of benzene rings is 1. The molecule has 106 valence electrons. The molecule has 1 amide bonds. The third kappa shape index (κ3) is 5.75. The summed E-state index contributed by atoms with van der Waals surface area (Å²) in [6.07, 6.45) is 1.66. The lowest BCUT2D eigenvalue weighted by Crippen LogP contribution is -2.36. The number of hydrogen-bond donors (Lipinski definition) is 2. The van der Waals surface area contributed by atoms with E-state index in [0.29, 0.717) is 18.9 Å². The molecule has 0 spiro atoms. The zero-order valence-electron chi connectivity index (χ0n) is 12.0. The summed E-state index contributed by atoms with van der Waals surface area (Å²) in [5, 5.41) is 2.81. The van der Waals surface area contributed by atoms with Gasteiger partial charge in [-0.05, 0) is 43.0 Å². The monoisotopic (exact) mass is 264 g/mol. The second-order valence-corrected chi connectivity index (χ2v) is 5.10. The summed E-state index contributed by atoms with van der Waals surface area (Å²) in [6, 6.07) is 6.88. The minimum absolute atomic E-state index is 0.143. The Hall–Kier alpha value is -1.55. The second kappa shape index (κ2) is 7.79. The fraction of sp³-hybridized carbons (Fsp3) is 0.533. The van der Waals surface area contributed by atoms with E-state index < -0.39 is 6.04 Å². The zero-order chi connectivity index (χ0) is 14.3. The van der Waals surface area contributed by atoms with Crippen molar-refractivity contribution < 1.29 is 9.53 Å². The number of carbonyl (C=O) groups excluding carboxylic acids is 1. The van der Waals surface area contributed by atoms with Crippen LogP contribution in [-0.2, 0) is 4.79 Å². The number of carbonyl (C=O) groups is 1. The van der Waals surface area contributed by atoms with Crippen LogP contribution in [0.25, 0.3) is 0 Å². The van der Waals surface area contributed by atoms with Crippen molar-refractivity contribution in [3.05, 3.63) is 24.3 Å². The predicted octanol–water partition coefficient (Wildman–Crippen LogP) is 2.79. The van der Waals surface area contributed by atoms with E-state index in [1.54, 1.807) is 0 Å². The molecule has 0 fully saturated rings. The first-order chi connectivity index (χ1) is 9.02. The van der Waals surface area contributed by atoms with Crippen LogP contribution in [0.15, 0.2) is 24.3 Å². The Morgan fingerprint density at radius 1 is 1.32 bits per heavy atom. The minimum Gasteiger partial charge on any atom is -0.494 e. The van der Waals surface area contributed by atoms with Crippen LogP contribution in [-0.4, -0.2) is 18.6 Å². The molecule has 0 bridgehead atoms. The number of ether oxygens (including phenoxy) is 1. The van der Waals surface area contributed by atoms with Crippen LogP contribution in [0.1, 0.15) is 33.6 Å². The first-order valence-corrected chi connectivity index (χ1v) is 6.82. The van der Waals surface area contributed by atoms with Crippen molar-refractivity contribution in [3.63, 3.8) is 0 Å². The summed E-state index contributed by atoms with van der Waals surface area (Å²) >= 11 is 0. The van der Waals surface area contributed by atoms with E-state index in [2.05, 4.69) is 12.2 Å². The predicted molar refractivity (Wildman–Crippen MR) is 78.3 cm³/mol. The molecule has 0 radical (unpaired) electrons. The Kier molecular flexibility index (Phi) is 6.36. The van der Waals surface area contributed by atoms with Gasteiger partial charge in [-0.15, -0.1) is 0 Å². The fourth-order valence-corrected chi connectivity index (χ4v) is 1.70. The third-order valence-electron chi connectivity index (χ3n) is 2.66. The summed E-state index contributed by atoms with van der Waals surface area (Å²) in [6.45, 7) is 6.86. The van der Waals surface area contributed by atoms with E-state index in [4.69, 9.17) is 10.5 Å². The fourth-order valence-electron chi connectivity index (χ4n) is 1.70. The van der Waals surface area contributed by atoms with E-state index in [1.807, 2.05) is 38.1 Å². The van der Waals surface area contributed by atoms with E-state index in [1.165, 1.54) is 0 Å². The van der Waals surface area contributed by atoms with E-state index in [-0.39, 0.29) is 5.91 Å². The van der Waals surface area contributed by atoms with Gasteiger partial charge in [0, 0.05) is 5.69 Å². The molecule has 4 nitrogen and oxygen atoms in total.